The van der Waals surface area contributed by atoms with Crippen LogP contribution in [0.5, 0.6) is 5.75 Å². The lowest BCUT2D eigenvalue weighted by Crippen LogP contribution is -2.65. The van der Waals surface area contributed by atoms with Crippen molar-refractivity contribution < 1.29 is 18.7 Å². The van der Waals surface area contributed by atoms with Gasteiger partial charge in [0.05, 0.1) is 23.9 Å². The van der Waals surface area contributed by atoms with Crippen molar-refractivity contribution in [3.63, 3.8) is 0 Å². The summed E-state index contributed by atoms with van der Waals surface area (Å²) in [7, 11) is 1.61. The van der Waals surface area contributed by atoms with Gasteiger partial charge in [-0.05, 0) is 62.1 Å². The van der Waals surface area contributed by atoms with Gasteiger partial charge < -0.3 is 24.7 Å². The molecule has 2 fully saturated rings. The zero-order valence-electron chi connectivity index (χ0n) is 24.0. The number of hydrogen-bond acceptors (Lipinski definition) is 7. The molecule has 9 heteroatoms. The third-order valence-corrected chi connectivity index (χ3v) is 9.08. The summed E-state index contributed by atoms with van der Waals surface area (Å²) >= 11 is 0. The smallest absolute Gasteiger partial charge is 0.299 e. The lowest BCUT2D eigenvalue weighted by Gasteiger charge is -2.47. The van der Waals surface area contributed by atoms with Crippen molar-refractivity contribution >= 4 is 39.8 Å². The van der Waals surface area contributed by atoms with Crippen LogP contribution in [0.4, 0.5) is 6.01 Å². The van der Waals surface area contributed by atoms with Crippen LogP contribution in [0.1, 0.15) is 36.0 Å². The average molecular weight is 576 g/mol. The molecule has 5 aromatic rings. The molecule has 7 rings (SSSR count). The van der Waals surface area contributed by atoms with E-state index in [1.807, 2.05) is 88.7 Å². The Bertz CT molecular complexity index is 1800. The predicted octanol–water partition coefficient (Wildman–Crippen LogP) is 5.43. The highest BCUT2D eigenvalue weighted by molar-refractivity contribution is 6.07. The summed E-state index contributed by atoms with van der Waals surface area (Å²) in [6.07, 6.45) is 2.99. The molecule has 9 nitrogen and oxygen atoms in total. The highest BCUT2D eigenvalue weighted by atomic mass is 16.5. The molecule has 2 aromatic heterocycles. The lowest BCUT2D eigenvalue weighted by atomic mass is 9.75. The zero-order chi connectivity index (χ0) is 29.6. The Kier molecular flexibility index (Phi) is 6.72. The fourth-order valence-electron chi connectivity index (χ4n) is 6.89. The molecule has 0 aliphatic carbocycles. The third-order valence-electron chi connectivity index (χ3n) is 9.08. The van der Waals surface area contributed by atoms with Crippen molar-refractivity contribution in [2.24, 2.45) is 11.7 Å². The first-order valence-corrected chi connectivity index (χ1v) is 14.7. The first-order valence-electron chi connectivity index (χ1n) is 14.7. The molecule has 2 aliphatic heterocycles. The van der Waals surface area contributed by atoms with Crippen molar-refractivity contribution in [2.75, 3.05) is 31.6 Å². The van der Waals surface area contributed by atoms with Gasteiger partial charge in [0.15, 0.2) is 5.58 Å². The van der Waals surface area contributed by atoms with E-state index in [2.05, 4.69) is 0 Å². The second-order valence-corrected chi connectivity index (χ2v) is 11.4. The van der Waals surface area contributed by atoms with Crippen LogP contribution in [-0.2, 0) is 4.79 Å². The van der Waals surface area contributed by atoms with Gasteiger partial charge in [0, 0.05) is 36.5 Å². The molecule has 0 spiro atoms. The minimum atomic E-state index is -1.01. The van der Waals surface area contributed by atoms with Crippen molar-refractivity contribution in [3.05, 3.63) is 84.4 Å². The SMILES string of the molecule is COc1ccc2nc(-c3ccccc3)cc(C(=O)N3CC[C@H](C4(C(N)=O)CCCCN4c4nc5ccccc5o4)C3)c2c1. The van der Waals surface area contributed by atoms with Crippen molar-refractivity contribution in [3.8, 4) is 17.0 Å². The number of ether oxygens (including phenoxy) is 1. The fraction of sp³-hybridized carbons (Fsp3) is 0.294. The van der Waals surface area contributed by atoms with Crippen molar-refractivity contribution in [1.82, 2.24) is 14.9 Å². The molecule has 1 unspecified atom stereocenters. The number of piperidine rings is 1. The van der Waals surface area contributed by atoms with Gasteiger partial charge in [-0.1, -0.05) is 42.5 Å². The first-order chi connectivity index (χ1) is 21.0. The standard InChI is InChI=1S/C34H33N5O4/c1-42-24-13-14-27-25(19-24)26(20-29(36-27)22-9-3-2-4-10-22)31(40)38-18-15-23(21-38)34(32(35)41)16-7-8-17-39(34)33-37-28-11-5-6-12-30(28)43-33/h2-6,9-14,19-20,23H,7-8,15-18,21H2,1H3,(H2,35,41)/t23-,34?/m0/s1. The van der Waals surface area contributed by atoms with Crippen molar-refractivity contribution in [2.45, 2.75) is 31.2 Å². The maximum absolute atomic E-state index is 14.3. The largest absolute Gasteiger partial charge is 0.497 e. The van der Waals surface area contributed by atoms with Crippen LogP contribution in [0.25, 0.3) is 33.3 Å². The van der Waals surface area contributed by atoms with Gasteiger partial charge in [0.25, 0.3) is 11.9 Å². The summed E-state index contributed by atoms with van der Waals surface area (Å²) in [5, 5.41) is 0.725. The third kappa shape index (κ3) is 4.56. The molecule has 0 bridgehead atoms. The highest BCUT2D eigenvalue weighted by Crippen LogP contribution is 2.43. The van der Waals surface area contributed by atoms with E-state index in [0.717, 1.165) is 35.0 Å². The Hall–Kier alpha value is -4.92. The molecule has 2 saturated heterocycles. The number of likely N-dealkylation sites (tertiary alicyclic amines) is 1. The van der Waals surface area contributed by atoms with E-state index < -0.39 is 11.4 Å². The van der Waals surface area contributed by atoms with E-state index in [-0.39, 0.29) is 11.8 Å². The van der Waals surface area contributed by atoms with Crippen LogP contribution in [0.3, 0.4) is 0 Å². The number of hydrogen-bond donors (Lipinski definition) is 1. The number of oxazole rings is 1. The van der Waals surface area contributed by atoms with E-state index in [0.29, 0.717) is 60.9 Å². The molecule has 4 heterocycles. The summed E-state index contributed by atoms with van der Waals surface area (Å²) in [5.74, 6) is -0.0390. The normalized spacial score (nSPS) is 20.5. The highest BCUT2D eigenvalue weighted by Gasteiger charge is 2.54. The van der Waals surface area contributed by atoms with Crippen LogP contribution in [-0.4, -0.2) is 59.0 Å². The van der Waals surface area contributed by atoms with E-state index in [9.17, 15) is 9.59 Å². The van der Waals surface area contributed by atoms with Crippen molar-refractivity contribution in [1.29, 1.82) is 0 Å². The number of aromatic nitrogens is 2. The molecule has 2 amide bonds. The summed E-state index contributed by atoms with van der Waals surface area (Å²) in [6, 6.07) is 25.3. The molecule has 2 atom stereocenters. The van der Waals surface area contributed by atoms with Gasteiger partial charge in [-0.2, -0.15) is 4.98 Å². The number of anilines is 1. The zero-order valence-corrected chi connectivity index (χ0v) is 24.0. The van der Waals surface area contributed by atoms with Crippen LogP contribution in [0, 0.1) is 5.92 Å². The molecule has 3 aromatic carbocycles. The van der Waals surface area contributed by atoms with Gasteiger partial charge >= 0.3 is 0 Å². The lowest BCUT2D eigenvalue weighted by molar-refractivity contribution is -0.126. The van der Waals surface area contributed by atoms with Crippen LogP contribution >= 0.6 is 0 Å². The minimum Gasteiger partial charge on any atom is -0.497 e. The number of methoxy groups -OCH3 is 1. The second-order valence-electron chi connectivity index (χ2n) is 11.4. The number of carbonyl (C=O) groups excluding carboxylic acids is 2. The Morgan fingerprint density at radius 1 is 0.953 bits per heavy atom. The van der Waals surface area contributed by atoms with Crippen LogP contribution in [0.2, 0.25) is 0 Å². The quantitative estimate of drug-likeness (QED) is 0.287. The Morgan fingerprint density at radius 2 is 1.77 bits per heavy atom. The number of para-hydroxylation sites is 2. The summed E-state index contributed by atoms with van der Waals surface area (Å²) in [4.78, 5) is 41.2. The fourth-order valence-corrected chi connectivity index (χ4v) is 6.89. The van der Waals surface area contributed by atoms with Gasteiger partial charge in [0.2, 0.25) is 5.91 Å². The number of amides is 2. The predicted molar refractivity (Wildman–Crippen MR) is 165 cm³/mol. The minimum absolute atomic E-state index is 0.107. The summed E-state index contributed by atoms with van der Waals surface area (Å²) in [5.41, 5.74) is 9.56. The second kappa shape index (κ2) is 10.7. The molecule has 43 heavy (non-hydrogen) atoms. The van der Waals surface area contributed by atoms with Gasteiger partial charge in [-0.3, -0.25) is 9.59 Å². The topological polar surface area (TPSA) is 115 Å². The van der Waals surface area contributed by atoms with Crippen LogP contribution < -0.4 is 15.4 Å². The van der Waals surface area contributed by atoms with Gasteiger partial charge in [-0.15, -0.1) is 0 Å². The Labute approximate surface area is 249 Å². The molecule has 2 N–H and O–H groups in total. The number of nitrogens with two attached hydrogens (primary N) is 1. The Morgan fingerprint density at radius 3 is 2.56 bits per heavy atom. The molecule has 0 radical (unpaired) electrons. The molecule has 0 saturated carbocycles. The summed E-state index contributed by atoms with van der Waals surface area (Å²) in [6.45, 7) is 1.51. The van der Waals surface area contributed by atoms with Gasteiger partial charge in [0.1, 0.15) is 16.8 Å². The number of primary amides is 1. The molecular weight excluding hydrogens is 542 g/mol. The number of pyridine rings is 1. The monoisotopic (exact) mass is 575 g/mol. The van der Waals surface area contributed by atoms with E-state index >= 15 is 0 Å². The Balaban J connectivity index is 1.25. The number of carbonyl (C=O) groups is 2. The number of rotatable bonds is 6. The van der Waals surface area contributed by atoms with E-state index in [1.165, 1.54) is 0 Å². The number of fused-ring (bicyclic) bond motifs is 2. The molecule has 218 valence electrons. The number of benzene rings is 3. The average Bonchev–Trinajstić information content (AvgIpc) is 3.72. The van der Waals surface area contributed by atoms with E-state index in [1.54, 1.807) is 7.11 Å². The van der Waals surface area contributed by atoms with Crippen LogP contribution in [0.15, 0.2) is 83.3 Å². The maximum atomic E-state index is 14.3. The molecular formula is C34H33N5O4. The molecule has 2 aliphatic rings. The number of nitrogens with zero attached hydrogens (tertiary/aromatic N) is 4. The first kappa shape index (κ1) is 26.9. The van der Waals surface area contributed by atoms with E-state index in [4.69, 9.17) is 24.9 Å². The summed E-state index contributed by atoms with van der Waals surface area (Å²) < 4.78 is 11.6. The maximum Gasteiger partial charge on any atom is 0.299 e. The van der Waals surface area contributed by atoms with Gasteiger partial charge in [-0.25, -0.2) is 4.98 Å².